The van der Waals surface area contributed by atoms with Crippen molar-refractivity contribution >= 4 is 0 Å². The summed E-state index contributed by atoms with van der Waals surface area (Å²) in [4.78, 5) is 0. The topological polar surface area (TPSA) is 0 Å². The third kappa shape index (κ3) is 113. The predicted molar refractivity (Wildman–Crippen MR) is 256 cm³/mol. The first-order valence-corrected chi connectivity index (χ1v) is 21.4. The van der Waals surface area contributed by atoms with Crippen LogP contribution in [0.1, 0.15) is 242 Å². The van der Waals surface area contributed by atoms with Crippen LogP contribution in [0.5, 0.6) is 0 Å². The fraction of sp³-hybridized carbons (Fsp3) is 0.725. The molecule has 51 heavy (non-hydrogen) atoms. The van der Waals surface area contributed by atoms with E-state index in [0.29, 0.717) is 0 Å². The van der Waals surface area contributed by atoms with Gasteiger partial charge in [-0.25, -0.2) is 0 Å². The molecule has 0 saturated heterocycles. The Morgan fingerprint density at radius 1 is 0.627 bits per heavy atom. The SMILES string of the molecule is C.C#C.C=C1CCCC/C1=C/C(C)=C(C)C.CC.CC.CC.CC.CC.CC(C)C.CCC.CCCCC.CCCCCC.Cc1ccccc1. The highest BCUT2D eigenvalue weighted by molar-refractivity contribution is 5.37. The quantitative estimate of drug-likeness (QED) is 0.203. The highest BCUT2D eigenvalue weighted by Gasteiger charge is 2.09. The van der Waals surface area contributed by atoms with Gasteiger partial charge in [0.2, 0.25) is 0 Å². The number of benzene rings is 1. The van der Waals surface area contributed by atoms with E-state index in [9.17, 15) is 0 Å². The van der Waals surface area contributed by atoms with E-state index in [4.69, 9.17) is 0 Å². The van der Waals surface area contributed by atoms with Crippen LogP contribution in [0.25, 0.3) is 0 Å². The van der Waals surface area contributed by atoms with Crippen LogP contribution >= 0.6 is 0 Å². The second kappa shape index (κ2) is 91.7. The molecule has 1 aromatic rings. The Kier molecular flexibility index (Phi) is 141. The van der Waals surface area contributed by atoms with E-state index >= 15 is 0 Å². The van der Waals surface area contributed by atoms with Crippen LogP contribution in [0, 0.1) is 25.7 Å². The molecular formula is C51H108. The fourth-order valence-corrected chi connectivity index (χ4v) is 2.96. The molecule has 0 N–H and O–H groups in total. The van der Waals surface area contributed by atoms with Gasteiger partial charge in [-0.1, -0.05) is 256 Å². The summed E-state index contributed by atoms with van der Waals surface area (Å²) in [5.41, 5.74) is 6.96. The average molecular weight is 721 g/mol. The maximum Gasteiger partial charge on any atom is -0.0276 e. The molecule has 2 rings (SSSR count). The second-order valence-corrected chi connectivity index (χ2v) is 11.3. The van der Waals surface area contributed by atoms with Crippen molar-refractivity contribution in [2.24, 2.45) is 5.92 Å². The molecular weight excluding hydrogens is 613 g/mol. The summed E-state index contributed by atoms with van der Waals surface area (Å²) in [6, 6.07) is 10.3. The van der Waals surface area contributed by atoms with E-state index in [2.05, 4.69) is 128 Å². The van der Waals surface area contributed by atoms with Crippen molar-refractivity contribution in [2.75, 3.05) is 0 Å². The van der Waals surface area contributed by atoms with Gasteiger partial charge in [-0.2, -0.15) is 0 Å². The monoisotopic (exact) mass is 721 g/mol. The number of unbranched alkanes of at least 4 members (excludes halogenated alkanes) is 5. The molecule has 0 amide bonds. The maximum atomic E-state index is 4.12. The summed E-state index contributed by atoms with van der Waals surface area (Å²) in [5.74, 6) is 0.833. The predicted octanol–water partition coefficient (Wildman–Crippen LogP) is 20.3. The van der Waals surface area contributed by atoms with Crippen molar-refractivity contribution in [3.8, 4) is 12.8 Å². The van der Waals surface area contributed by atoms with Crippen LogP contribution in [0.15, 0.2) is 65.3 Å². The van der Waals surface area contributed by atoms with E-state index in [0.717, 1.165) is 5.92 Å². The summed E-state index contributed by atoms with van der Waals surface area (Å²) in [6.45, 7) is 52.4. The van der Waals surface area contributed by atoms with Crippen molar-refractivity contribution < 1.29 is 0 Å². The Morgan fingerprint density at radius 3 is 1.12 bits per heavy atom. The molecule has 1 fully saturated rings. The Hall–Kier alpha value is -2.00. The largest absolute Gasteiger partial charge is 0.124 e. The van der Waals surface area contributed by atoms with E-state index < -0.39 is 0 Å². The standard InChI is InChI=1S/C13H20.C7H8.C6H14.C5H12.C4H10.C3H8.5C2H6.C2H2.CH4/c1-10(2)12(4)9-13-8-6-5-7-11(13)3;1-7-5-3-2-4-6-7;1-3-5-6-4-2;1-3-5-4-2;1-4(2)3;1-3-2;6*1-2;/h9H,3,5-8H2,1-2,4H3;2-6H,1H3;3-6H2,1-2H3;3-5H2,1-2H3;4H,1-3H3;3H2,1-2H3;5*1-2H3;1-2H;1H4/b13-9-;;;;;;;;;;;;. The average Bonchev–Trinajstić information content (AvgIpc) is 3.15. The van der Waals surface area contributed by atoms with Gasteiger partial charge in [-0.3, -0.25) is 0 Å². The van der Waals surface area contributed by atoms with Crippen LogP contribution in [0.4, 0.5) is 0 Å². The van der Waals surface area contributed by atoms with Crippen LogP contribution in [0.3, 0.4) is 0 Å². The molecule has 0 unspecified atom stereocenters. The number of hydrogen-bond acceptors (Lipinski definition) is 0. The molecule has 0 heterocycles. The number of allylic oxidation sites excluding steroid dienone is 5. The minimum atomic E-state index is 0. The van der Waals surface area contributed by atoms with Crippen LogP contribution < -0.4 is 0 Å². The Balaban J connectivity index is -0.0000000412. The van der Waals surface area contributed by atoms with Gasteiger partial charge in [0.25, 0.3) is 0 Å². The van der Waals surface area contributed by atoms with Crippen LogP contribution in [0.2, 0.25) is 0 Å². The minimum absolute atomic E-state index is 0. The van der Waals surface area contributed by atoms with Crippen LogP contribution in [-0.4, -0.2) is 0 Å². The first-order chi connectivity index (χ1) is 24.0. The van der Waals surface area contributed by atoms with E-state index in [1.807, 2.05) is 87.4 Å². The minimum Gasteiger partial charge on any atom is -0.124 e. The maximum absolute atomic E-state index is 4.12. The number of hydrogen-bond donors (Lipinski definition) is 0. The lowest BCUT2D eigenvalue weighted by Gasteiger charge is -2.17. The second-order valence-electron chi connectivity index (χ2n) is 11.3. The Morgan fingerprint density at radius 2 is 0.922 bits per heavy atom. The van der Waals surface area contributed by atoms with Crippen molar-refractivity contribution in [2.45, 2.75) is 244 Å². The zero-order valence-corrected chi connectivity index (χ0v) is 39.9. The number of terminal acetylenes is 1. The molecule has 0 radical (unpaired) electrons. The van der Waals surface area contributed by atoms with Gasteiger partial charge in [-0.05, 0) is 64.9 Å². The molecule has 1 aromatic carbocycles. The molecule has 312 valence electrons. The lowest BCUT2D eigenvalue weighted by molar-refractivity contribution is 0.680. The Bertz CT molecular complexity index is 668. The van der Waals surface area contributed by atoms with Gasteiger partial charge in [0, 0.05) is 0 Å². The molecule has 0 aromatic heterocycles. The van der Waals surface area contributed by atoms with E-state index in [-0.39, 0.29) is 7.43 Å². The molecule has 0 nitrogen and oxygen atoms in total. The summed E-state index contributed by atoms with van der Waals surface area (Å²) >= 11 is 0. The lowest BCUT2D eigenvalue weighted by Crippen LogP contribution is -1.97. The normalized spacial score (nSPS) is 10.0. The summed E-state index contributed by atoms with van der Waals surface area (Å²) in [6.07, 6.45) is 26.3. The molecule has 0 aliphatic heterocycles. The lowest BCUT2D eigenvalue weighted by atomic mass is 9.89. The van der Waals surface area contributed by atoms with Crippen LogP contribution in [-0.2, 0) is 0 Å². The third-order valence-corrected chi connectivity index (χ3v) is 5.41. The Labute approximate surface area is 332 Å². The first kappa shape index (κ1) is 78.2. The summed E-state index contributed by atoms with van der Waals surface area (Å²) in [5, 5.41) is 0. The van der Waals surface area contributed by atoms with Gasteiger partial charge in [-0.15, -0.1) is 12.8 Å². The van der Waals surface area contributed by atoms with Gasteiger partial charge in [0.05, 0.1) is 0 Å². The molecule has 0 heteroatoms. The molecule has 1 aliphatic carbocycles. The zero-order chi connectivity index (χ0) is 42.2. The summed E-state index contributed by atoms with van der Waals surface area (Å²) < 4.78 is 0. The van der Waals surface area contributed by atoms with Crippen molar-refractivity contribution in [3.05, 3.63) is 70.8 Å². The fourth-order valence-electron chi connectivity index (χ4n) is 2.96. The van der Waals surface area contributed by atoms with Gasteiger partial charge in [0.1, 0.15) is 0 Å². The highest BCUT2D eigenvalue weighted by atomic mass is 14.1. The third-order valence-electron chi connectivity index (χ3n) is 5.41. The smallest absolute Gasteiger partial charge is 0.0276 e. The molecule has 0 spiro atoms. The highest BCUT2D eigenvalue weighted by Crippen LogP contribution is 2.28. The first-order valence-electron chi connectivity index (χ1n) is 21.4. The molecule has 1 aliphatic rings. The van der Waals surface area contributed by atoms with Gasteiger partial charge in [0.15, 0.2) is 0 Å². The van der Waals surface area contributed by atoms with Gasteiger partial charge < -0.3 is 0 Å². The molecule has 0 atom stereocenters. The van der Waals surface area contributed by atoms with Gasteiger partial charge >= 0.3 is 0 Å². The van der Waals surface area contributed by atoms with Crippen molar-refractivity contribution in [1.29, 1.82) is 0 Å². The molecule has 0 bridgehead atoms. The number of rotatable bonds is 6. The number of aryl methyl sites for hydroxylation is 1. The van der Waals surface area contributed by atoms with Crippen molar-refractivity contribution in [1.82, 2.24) is 0 Å². The van der Waals surface area contributed by atoms with Crippen molar-refractivity contribution in [3.63, 3.8) is 0 Å². The van der Waals surface area contributed by atoms with E-state index in [1.54, 1.807) is 0 Å². The zero-order valence-electron chi connectivity index (χ0n) is 39.9. The van der Waals surface area contributed by atoms with E-state index in [1.165, 1.54) is 105 Å². The molecule has 1 saturated carbocycles. The summed E-state index contributed by atoms with van der Waals surface area (Å²) in [7, 11) is 0.